The molecule has 2 aromatic rings. The highest BCUT2D eigenvalue weighted by Crippen LogP contribution is 2.40. The van der Waals surface area contributed by atoms with Gasteiger partial charge in [-0.2, -0.15) is 0 Å². The number of halogens is 1. The fraction of sp³-hybridized carbons (Fsp3) is 0.357. The van der Waals surface area contributed by atoms with Crippen LogP contribution in [-0.2, 0) is 17.8 Å². The quantitative estimate of drug-likeness (QED) is 0.175. The molecule has 0 unspecified atom stereocenters. The molecule has 2 aliphatic rings. The van der Waals surface area contributed by atoms with E-state index in [2.05, 4.69) is 22.5 Å². The fourth-order valence-electron chi connectivity index (χ4n) is 4.52. The van der Waals surface area contributed by atoms with Gasteiger partial charge in [0.1, 0.15) is 10.9 Å². The van der Waals surface area contributed by atoms with E-state index in [4.69, 9.17) is 21.7 Å². The highest BCUT2D eigenvalue weighted by molar-refractivity contribution is 9.10. The van der Waals surface area contributed by atoms with Crippen LogP contribution < -0.4 is 9.47 Å². The molecule has 2 aromatic carbocycles. The van der Waals surface area contributed by atoms with Crippen LogP contribution in [0.4, 0.5) is 0 Å². The summed E-state index contributed by atoms with van der Waals surface area (Å²) in [6.07, 6.45) is 10.0. The van der Waals surface area contributed by atoms with Gasteiger partial charge in [-0.15, -0.1) is 6.58 Å². The van der Waals surface area contributed by atoms with Crippen molar-refractivity contribution in [1.29, 1.82) is 0 Å². The third kappa shape index (κ3) is 6.38. The van der Waals surface area contributed by atoms with Crippen LogP contribution in [0.25, 0.3) is 6.08 Å². The topological polar surface area (TPSA) is 38.8 Å². The Morgan fingerprint density at radius 1 is 1.17 bits per heavy atom. The molecular weight excluding hydrogens is 542 g/mol. The number of rotatable bonds is 9. The lowest BCUT2D eigenvalue weighted by atomic mass is 9.94. The number of ether oxygens (including phenoxy) is 2. The van der Waals surface area contributed by atoms with E-state index in [1.807, 2.05) is 60.4 Å². The van der Waals surface area contributed by atoms with Crippen molar-refractivity contribution in [1.82, 2.24) is 4.90 Å². The Kier molecular flexibility index (Phi) is 9.09. The summed E-state index contributed by atoms with van der Waals surface area (Å²) < 4.78 is 13.9. The van der Waals surface area contributed by atoms with Gasteiger partial charge in [0.15, 0.2) is 11.5 Å². The number of carbonyl (C=O) groups is 1. The molecule has 4 nitrogen and oxygen atoms in total. The lowest BCUT2D eigenvalue weighted by Gasteiger charge is -2.29. The maximum atomic E-state index is 13.3. The largest absolute Gasteiger partial charge is 0.490 e. The highest BCUT2D eigenvalue weighted by atomic mass is 79.9. The molecule has 0 radical (unpaired) electrons. The molecule has 0 spiro atoms. The molecule has 0 atom stereocenters. The molecule has 1 aliphatic heterocycles. The minimum absolute atomic E-state index is 0.0192. The van der Waals surface area contributed by atoms with Gasteiger partial charge >= 0.3 is 0 Å². The van der Waals surface area contributed by atoms with Gasteiger partial charge in [-0.1, -0.05) is 77.4 Å². The van der Waals surface area contributed by atoms with E-state index in [9.17, 15) is 4.79 Å². The summed E-state index contributed by atoms with van der Waals surface area (Å²) in [5.41, 5.74) is 2.93. The molecular formula is C28H30BrNO3S2. The molecule has 0 N–H and O–H groups in total. The molecule has 1 heterocycles. The molecule has 2 fully saturated rings. The third-order valence-electron chi connectivity index (χ3n) is 6.18. The van der Waals surface area contributed by atoms with Crippen LogP contribution in [0.1, 0.15) is 55.7 Å². The average Bonchev–Trinajstić information content (AvgIpc) is 3.13. The van der Waals surface area contributed by atoms with Gasteiger partial charge in [0.25, 0.3) is 5.91 Å². The molecule has 184 valence electrons. The monoisotopic (exact) mass is 571 g/mol. The number of hydrogen-bond donors (Lipinski definition) is 0. The second-order valence-corrected chi connectivity index (χ2v) is 11.3. The van der Waals surface area contributed by atoms with Gasteiger partial charge in [-0.05, 0) is 67.7 Å². The maximum Gasteiger partial charge on any atom is 0.266 e. The zero-order valence-electron chi connectivity index (χ0n) is 19.9. The van der Waals surface area contributed by atoms with E-state index in [1.165, 1.54) is 18.2 Å². The molecule has 1 aliphatic carbocycles. The zero-order valence-corrected chi connectivity index (χ0v) is 23.1. The normalized spacial score (nSPS) is 17.8. The predicted octanol–water partition coefficient (Wildman–Crippen LogP) is 7.69. The lowest BCUT2D eigenvalue weighted by molar-refractivity contribution is -0.124. The summed E-state index contributed by atoms with van der Waals surface area (Å²) in [5, 5.41) is 0. The number of allylic oxidation sites excluding steroid dienone is 1. The standard InChI is InChI=1S/C28H30BrNO3S2/c1-3-8-21-15-20(17-25-27(31)30(28(34)35-25)23-9-6-5-7-10-23)16-24(32-4-2)26(21)33-18-19-11-13-22(29)14-12-19/h3,11-17,23H,1,4-10,18H2,2H3/b25-17+. The van der Waals surface area contributed by atoms with Crippen molar-refractivity contribution in [2.75, 3.05) is 6.61 Å². The van der Waals surface area contributed by atoms with Crippen molar-refractivity contribution in [2.45, 2.75) is 58.1 Å². The van der Waals surface area contributed by atoms with Gasteiger partial charge in [0.05, 0.1) is 11.5 Å². The summed E-state index contributed by atoms with van der Waals surface area (Å²) in [4.78, 5) is 15.8. The number of carbonyl (C=O) groups excluding carboxylic acids is 1. The number of thioether (sulfide) groups is 1. The molecule has 4 rings (SSSR count). The van der Waals surface area contributed by atoms with Gasteiger partial charge in [-0.25, -0.2) is 0 Å². The fourth-order valence-corrected chi connectivity index (χ4v) is 6.19. The van der Waals surface area contributed by atoms with E-state index < -0.39 is 0 Å². The molecule has 1 amide bonds. The number of hydrogen-bond acceptors (Lipinski definition) is 5. The van der Waals surface area contributed by atoms with Crippen molar-refractivity contribution in [3.63, 3.8) is 0 Å². The zero-order chi connectivity index (χ0) is 24.8. The van der Waals surface area contributed by atoms with E-state index in [-0.39, 0.29) is 11.9 Å². The Morgan fingerprint density at radius 3 is 2.60 bits per heavy atom. The average molecular weight is 573 g/mol. The van der Waals surface area contributed by atoms with Crippen molar-refractivity contribution in [3.8, 4) is 11.5 Å². The summed E-state index contributed by atoms with van der Waals surface area (Å²) in [6.45, 7) is 6.81. The van der Waals surface area contributed by atoms with Crippen LogP contribution in [0, 0.1) is 0 Å². The van der Waals surface area contributed by atoms with Crippen LogP contribution in [0.15, 0.2) is 58.4 Å². The Labute approximate surface area is 225 Å². The van der Waals surface area contributed by atoms with Gasteiger partial charge in [0.2, 0.25) is 0 Å². The Hall–Kier alpha value is -2.09. The maximum absolute atomic E-state index is 13.3. The van der Waals surface area contributed by atoms with Gasteiger partial charge < -0.3 is 9.47 Å². The SMILES string of the molecule is C=CCc1cc(/C=C2/SC(=S)N(C3CCCCC3)C2=O)cc(OCC)c1OCc1ccc(Br)cc1. The van der Waals surface area contributed by atoms with Crippen LogP contribution in [0.5, 0.6) is 11.5 Å². The first-order valence-electron chi connectivity index (χ1n) is 12.0. The van der Waals surface area contributed by atoms with E-state index in [0.717, 1.165) is 46.8 Å². The van der Waals surface area contributed by atoms with Crippen molar-refractivity contribution < 1.29 is 14.3 Å². The first kappa shape index (κ1) is 26.0. The third-order valence-corrected chi connectivity index (χ3v) is 8.03. The van der Waals surface area contributed by atoms with E-state index in [1.54, 1.807) is 0 Å². The minimum atomic E-state index is 0.0192. The van der Waals surface area contributed by atoms with E-state index >= 15 is 0 Å². The summed E-state index contributed by atoms with van der Waals surface area (Å²) in [6, 6.07) is 12.3. The lowest BCUT2D eigenvalue weighted by Crippen LogP contribution is -2.39. The molecule has 0 bridgehead atoms. The van der Waals surface area contributed by atoms with Gasteiger partial charge in [-0.3, -0.25) is 9.69 Å². The minimum Gasteiger partial charge on any atom is -0.490 e. The number of thiocarbonyl (C=S) groups is 1. The number of nitrogens with zero attached hydrogens (tertiary/aromatic N) is 1. The first-order valence-corrected chi connectivity index (χ1v) is 14.1. The molecule has 1 saturated carbocycles. The first-order chi connectivity index (χ1) is 17.0. The second kappa shape index (κ2) is 12.2. The van der Waals surface area contributed by atoms with Gasteiger partial charge in [0, 0.05) is 16.1 Å². The van der Waals surface area contributed by atoms with Crippen molar-refractivity contribution >= 4 is 56.2 Å². The summed E-state index contributed by atoms with van der Waals surface area (Å²) in [5.74, 6) is 1.39. The van der Waals surface area contributed by atoms with Crippen LogP contribution in [-0.4, -0.2) is 27.8 Å². The number of benzene rings is 2. The Balaban J connectivity index is 1.61. The molecule has 7 heteroatoms. The van der Waals surface area contributed by atoms with E-state index in [0.29, 0.717) is 40.4 Å². The van der Waals surface area contributed by atoms with Crippen LogP contribution in [0.3, 0.4) is 0 Å². The Morgan fingerprint density at radius 2 is 1.91 bits per heavy atom. The predicted molar refractivity (Wildman–Crippen MR) is 152 cm³/mol. The van der Waals surface area contributed by atoms with Crippen LogP contribution >= 0.6 is 39.9 Å². The Bertz CT molecular complexity index is 1120. The summed E-state index contributed by atoms with van der Waals surface area (Å²) in [7, 11) is 0. The smallest absolute Gasteiger partial charge is 0.266 e. The highest BCUT2D eigenvalue weighted by Gasteiger charge is 2.37. The molecule has 0 aromatic heterocycles. The summed E-state index contributed by atoms with van der Waals surface area (Å²) >= 11 is 10.5. The molecule has 35 heavy (non-hydrogen) atoms. The second-order valence-electron chi connectivity index (χ2n) is 8.69. The number of amides is 1. The van der Waals surface area contributed by atoms with Crippen molar-refractivity contribution in [3.05, 3.63) is 75.1 Å². The molecule has 1 saturated heterocycles. The van der Waals surface area contributed by atoms with Crippen LogP contribution in [0.2, 0.25) is 0 Å². The van der Waals surface area contributed by atoms with Crippen molar-refractivity contribution in [2.24, 2.45) is 0 Å².